The van der Waals surface area contributed by atoms with Gasteiger partial charge in [0, 0.05) is 104 Å². The molecule has 0 bridgehead atoms. The fraction of sp³-hybridized carbons (Fsp3) is 0.216. The topological polar surface area (TPSA) is 330 Å². The van der Waals surface area contributed by atoms with E-state index in [1.165, 1.54) is 18.2 Å². The molecule has 37 heteroatoms. The van der Waals surface area contributed by atoms with E-state index in [0.717, 1.165) is 90.0 Å². The molecule has 1 heterocycles. The number of carboxylic acids is 1. The molecule has 0 radical (unpaired) electrons. The van der Waals surface area contributed by atoms with Crippen molar-refractivity contribution in [1.29, 1.82) is 0 Å². The number of thioether (sulfide) groups is 1. The smallest absolute Gasteiger partial charge is 0.407 e. The van der Waals surface area contributed by atoms with Crippen LogP contribution in [-0.4, -0.2) is 107 Å². The van der Waals surface area contributed by atoms with Crippen LogP contribution in [0.5, 0.6) is 0 Å². The number of esters is 1. The Morgan fingerprint density at radius 3 is 1.59 bits per heavy atom. The van der Waals surface area contributed by atoms with E-state index in [1.807, 2.05) is 146 Å². The van der Waals surface area contributed by atoms with E-state index in [0.29, 0.717) is 27.7 Å². The summed E-state index contributed by atoms with van der Waals surface area (Å²) in [5.41, 5.74) is 13.7. The lowest BCUT2D eigenvalue weighted by atomic mass is 9.92. The van der Waals surface area contributed by atoms with Crippen molar-refractivity contribution in [3.8, 4) is 22.5 Å². The molecule has 2 aliphatic rings. The van der Waals surface area contributed by atoms with Crippen molar-refractivity contribution < 1.29 is 116 Å². The number of carbonyl (C=O) groups excluding carboxylic acids is 2. The van der Waals surface area contributed by atoms with Crippen molar-refractivity contribution in [2.75, 3.05) is 59.9 Å². The summed E-state index contributed by atoms with van der Waals surface area (Å²) in [4.78, 5) is 33.6. The maximum atomic E-state index is 16.1. The summed E-state index contributed by atoms with van der Waals surface area (Å²) >= 11 is 0.0466. The Bertz CT molecular complexity index is 7270. The van der Waals surface area contributed by atoms with Gasteiger partial charge in [0.2, 0.25) is 16.9 Å². The number of nitrogens with zero attached hydrogens (tertiary/aromatic N) is 3. The van der Waals surface area contributed by atoms with Crippen LogP contribution in [0.2, 0.25) is 0 Å². The molecule has 1 unspecified atom stereocenters. The SMILES string of the molecule is C=CC(=O)OCCNC(=O)OCC(CSc1c(F)c(F)c(S(=O)(=O)[N-]S(=O)(=O)c2ccccc2-c2c3ccc(=[NH+]c4c(C(C)C)cccc4C(C)C)cc-3oc3cc(Nc4c(C(C)C)cccc4C(C)C)ccc23)c(F)c1F)OCCC(=O)O.C=c1ccc(=C(c2ccc(NCCCS(=O)(=O)[N-]S(=O)(=O)c3c(F)c(F)c(F)c(F)c3F)cc2)c2ccc(N(c3ccccc3)c3ccccc3)cc2)cc1. The molecule has 139 heavy (non-hydrogen) atoms. The predicted octanol–water partition coefficient (Wildman–Crippen LogP) is 20.6. The van der Waals surface area contributed by atoms with Gasteiger partial charge in [-0.2, -0.15) is 0 Å². The quantitative estimate of drug-likeness (QED) is 0.00351. The number of hydrogen-bond acceptors (Lipinski definition) is 19. The lowest BCUT2D eigenvalue weighted by Crippen LogP contribution is -2.71. The van der Waals surface area contributed by atoms with Crippen LogP contribution < -0.4 is 41.6 Å². The molecular weight excluding hydrogens is 1910 g/mol. The second kappa shape index (κ2) is 45.5. The van der Waals surface area contributed by atoms with E-state index in [4.69, 9.17) is 23.7 Å². The highest BCUT2D eigenvalue weighted by atomic mass is 32.3. The fourth-order valence-electron chi connectivity index (χ4n) is 15.1. The van der Waals surface area contributed by atoms with E-state index in [2.05, 4.69) is 115 Å². The first-order chi connectivity index (χ1) is 66.0. The number of nitrogens with one attached hydrogen (secondary N) is 4. The van der Waals surface area contributed by atoms with Crippen LogP contribution in [0.25, 0.3) is 53.8 Å². The standard InChI is InChI=1S/C61H63F4N4O12S3.C41H31F5N3O4S2/c1-10-51(72)79-28-26-66-61(73)80-31-39(78-27-25-50(70)71)32-82-59-53(62)55(64)60(56(65)54(59)63)84(76,77)69-83(74,75)49-20-12-11-15-46(49)52-44-23-21-37(67-57-40(33(2)3)16-13-17-41(57)34(4)5)29-47(44)81-48-30-38(22-24-45(48)52)68-58-42(35(6)7)18-14-19-43(58)36(8)9;1-27-13-15-28(16-14-27)35(30-19-23-34(24-20-30)49(32-9-4-2-5-10-32)33-11-6-3-7-12-33)29-17-21-31(22-18-29)47-25-8-26-54(50,51)48-55(52,53)41-39(45)37(43)36(42)38(44)40(41)46/h10-24,29-30,33-36,39H,1,25-28,31-32H2,2-9H3,(H,66,73)(H,67,68)(H,70,71);2-7,9-24,47H,1,8,25-26H2/q2*-1/p+1. The molecule has 0 fully saturated rings. The third kappa shape index (κ3) is 25.2. The number of alkyl carbamates (subject to hydrolysis) is 1. The summed E-state index contributed by atoms with van der Waals surface area (Å²) < 4.78 is 267. The van der Waals surface area contributed by atoms with Crippen LogP contribution in [0.4, 0.5) is 84.1 Å². The van der Waals surface area contributed by atoms with Gasteiger partial charge < -0.3 is 52.8 Å². The summed E-state index contributed by atoms with van der Waals surface area (Å²) in [6, 6.07) is 71.2. The van der Waals surface area contributed by atoms with Crippen LogP contribution >= 0.6 is 11.8 Å². The lowest BCUT2D eigenvalue weighted by molar-refractivity contribution is -0.404. The minimum atomic E-state index is -6.18. The molecule has 11 aromatic carbocycles. The minimum absolute atomic E-state index is 0.000997. The number of amides is 1. The molecular formula is C102H95F9N7O16S5-. The van der Waals surface area contributed by atoms with Crippen molar-refractivity contribution in [3.05, 3.63) is 353 Å². The number of para-hydroxylation sites is 4. The number of benzene rings is 12. The van der Waals surface area contributed by atoms with Gasteiger partial charge in [-0.3, -0.25) is 4.79 Å². The van der Waals surface area contributed by atoms with Gasteiger partial charge in [-0.05, 0) is 141 Å². The van der Waals surface area contributed by atoms with Crippen molar-refractivity contribution in [2.24, 2.45) is 0 Å². The molecule has 1 aliphatic heterocycles. The molecule has 0 saturated carbocycles. The van der Waals surface area contributed by atoms with E-state index in [9.17, 15) is 70.0 Å². The van der Waals surface area contributed by atoms with Gasteiger partial charge in [-0.1, -0.05) is 208 Å². The lowest BCUT2D eigenvalue weighted by Gasteiger charge is -2.25. The number of hydrogen-bond donors (Lipinski definition) is 5. The Balaban J connectivity index is 0.000000271. The molecule has 5 N–H and O–H groups in total. The number of ether oxygens (including phenoxy) is 3. The molecule has 0 aromatic heterocycles. The summed E-state index contributed by atoms with van der Waals surface area (Å²) in [6.45, 7) is 22.2. The highest BCUT2D eigenvalue weighted by molar-refractivity contribution is 8.12. The van der Waals surface area contributed by atoms with Crippen LogP contribution in [0, 0.1) is 52.4 Å². The first-order valence-corrected chi connectivity index (χ1v) is 50.3. The number of sulfonamides is 4. The Labute approximate surface area is 802 Å². The molecule has 1 atom stereocenters. The number of fused-ring (bicyclic) bond motifs is 2. The second-order valence-electron chi connectivity index (χ2n) is 32.9. The van der Waals surface area contributed by atoms with Crippen molar-refractivity contribution >= 4 is 133 Å². The summed E-state index contributed by atoms with van der Waals surface area (Å²) in [6.07, 6.45) is -2.38. The molecule has 13 rings (SSSR count). The van der Waals surface area contributed by atoms with Gasteiger partial charge in [0.25, 0.3) is 0 Å². The normalized spacial score (nSPS) is 12.3. The highest BCUT2D eigenvalue weighted by Gasteiger charge is 2.36. The number of carbonyl (C=O) groups is 3. The zero-order valence-corrected chi connectivity index (χ0v) is 80.1. The number of halogens is 9. The molecule has 0 saturated heterocycles. The average Bonchev–Trinajstić information content (AvgIpc) is 0.733. The molecule has 1 amide bonds. The number of anilines is 6. The third-order valence-corrected chi connectivity index (χ3v) is 29.7. The monoisotopic (exact) mass is 2000 g/mol. The minimum Gasteiger partial charge on any atom is -0.481 e. The number of carboxylic acid groups (broad SMARTS) is 1. The van der Waals surface area contributed by atoms with E-state index >= 15 is 17.6 Å². The second-order valence-corrected chi connectivity index (χ2v) is 40.8. The van der Waals surface area contributed by atoms with Crippen LogP contribution in [-0.2, 0) is 63.9 Å². The molecule has 1 aliphatic carbocycles. The van der Waals surface area contributed by atoms with Crippen LogP contribution in [0.15, 0.2) is 267 Å². The van der Waals surface area contributed by atoms with Gasteiger partial charge in [0.1, 0.15) is 70.5 Å². The van der Waals surface area contributed by atoms with Gasteiger partial charge in [0.05, 0.1) is 45.5 Å². The largest absolute Gasteiger partial charge is 0.481 e. The maximum Gasteiger partial charge on any atom is 0.407 e. The summed E-state index contributed by atoms with van der Waals surface area (Å²) in [5.74, 6) is -25.5. The Kier molecular flexibility index (Phi) is 34.2. The van der Waals surface area contributed by atoms with Crippen molar-refractivity contribution in [3.63, 3.8) is 0 Å². The van der Waals surface area contributed by atoms with E-state index in [1.54, 1.807) is 48.5 Å². The number of rotatable bonds is 38. The Morgan fingerprint density at radius 2 is 1.04 bits per heavy atom. The first-order valence-electron chi connectivity index (χ1n) is 43.4. The van der Waals surface area contributed by atoms with Gasteiger partial charge >= 0.3 is 18.0 Å². The molecule has 0 spiro atoms. The molecule has 11 aromatic rings. The Morgan fingerprint density at radius 1 is 0.525 bits per heavy atom. The summed E-state index contributed by atoms with van der Waals surface area (Å²) in [5, 5.41) is 20.7. The van der Waals surface area contributed by atoms with E-state index in [-0.39, 0.29) is 84.0 Å². The van der Waals surface area contributed by atoms with Gasteiger partial charge in [0.15, 0.2) is 46.5 Å². The predicted molar refractivity (Wildman–Crippen MR) is 516 cm³/mol. The summed E-state index contributed by atoms with van der Waals surface area (Å²) in [7, 11) is -22.5. The zero-order valence-electron chi connectivity index (χ0n) is 76.0. The van der Waals surface area contributed by atoms with Crippen LogP contribution in [0.3, 0.4) is 0 Å². The zero-order chi connectivity index (χ0) is 101. The van der Waals surface area contributed by atoms with E-state index < -0.39 is 167 Å². The first kappa shape index (κ1) is 105. The third-order valence-electron chi connectivity index (χ3n) is 21.7. The molecule has 728 valence electrons. The van der Waals surface area contributed by atoms with Gasteiger partial charge in [-0.25, -0.2) is 87.8 Å². The van der Waals surface area contributed by atoms with Crippen molar-refractivity contribution in [2.45, 2.75) is 118 Å². The maximum absolute atomic E-state index is 16.1. The fourth-order valence-corrected chi connectivity index (χ4v) is 22.0. The average molecular weight is 2010 g/mol. The highest BCUT2D eigenvalue weighted by Crippen LogP contribution is 2.47. The molecule has 23 nitrogen and oxygen atoms in total. The van der Waals surface area contributed by atoms with Crippen LogP contribution in [0.1, 0.15) is 125 Å². The number of aliphatic carboxylic acids is 1. The Hall–Kier alpha value is -13.4. The van der Waals surface area contributed by atoms with Crippen molar-refractivity contribution in [1.82, 2.24) is 5.32 Å². The van der Waals surface area contributed by atoms with Gasteiger partial charge in [-0.15, -0.1) is 11.8 Å².